The fourth-order valence-electron chi connectivity index (χ4n) is 2.09. The van der Waals surface area contributed by atoms with E-state index in [4.69, 9.17) is 9.84 Å². The topological polar surface area (TPSA) is 61.8 Å². The summed E-state index contributed by atoms with van der Waals surface area (Å²) in [5.74, 6) is 0.0812. The predicted molar refractivity (Wildman–Crippen MR) is 76.7 cm³/mol. The van der Waals surface area contributed by atoms with Gasteiger partial charge in [-0.2, -0.15) is 0 Å². The summed E-state index contributed by atoms with van der Waals surface area (Å²) in [6.45, 7) is 2.43. The summed E-state index contributed by atoms with van der Waals surface area (Å²) in [6, 6.07) is 5.95. The lowest BCUT2D eigenvalue weighted by Crippen LogP contribution is -2.45. The third-order valence-corrected chi connectivity index (χ3v) is 3.26. The molecule has 2 rings (SSSR count). The number of nitrogens with one attached hydrogen (secondary N) is 1. The van der Waals surface area contributed by atoms with Crippen LogP contribution < -0.4 is 10.1 Å². The van der Waals surface area contributed by atoms with Crippen molar-refractivity contribution in [2.45, 2.75) is 31.9 Å². The summed E-state index contributed by atoms with van der Waals surface area (Å²) in [7, 11) is 0. The zero-order valence-electron chi connectivity index (χ0n) is 12.1. The molecule has 1 aromatic carbocycles. The first-order valence-corrected chi connectivity index (χ1v) is 7.17. The maximum Gasteiger partial charge on any atom is 0.317 e. The summed E-state index contributed by atoms with van der Waals surface area (Å²) < 4.78 is 18.6. The van der Waals surface area contributed by atoms with Crippen LogP contribution in [0.3, 0.4) is 0 Å². The Morgan fingerprint density at radius 1 is 1.57 bits per heavy atom. The predicted octanol–water partition coefficient (Wildman–Crippen LogP) is 1.76. The molecule has 2 amide bonds. The molecule has 2 N–H and O–H groups in total. The molecule has 0 bridgehead atoms. The second-order valence-corrected chi connectivity index (χ2v) is 5.22. The zero-order valence-corrected chi connectivity index (χ0v) is 12.1. The van der Waals surface area contributed by atoms with Crippen molar-refractivity contribution in [3.63, 3.8) is 0 Å². The van der Waals surface area contributed by atoms with E-state index in [-0.39, 0.29) is 30.6 Å². The average molecular weight is 296 g/mol. The standard InChI is InChI=1S/C15H21FN2O3/c1-11(21-14-4-2-3-12(16)9-14)10-17-15(20)18(7-8-19)13-5-6-13/h2-4,9,11,13,19H,5-8,10H2,1H3,(H,17,20). The van der Waals surface area contributed by atoms with Crippen molar-refractivity contribution in [3.05, 3.63) is 30.1 Å². The fourth-order valence-corrected chi connectivity index (χ4v) is 2.09. The molecule has 116 valence electrons. The van der Waals surface area contributed by atoms with Gasteiger partial charge in [0.05, 0.1) is 13.2 Å². The first kappa shape index (κ1) is 15.6. The molecule has 1 aliphatic rings. The maximum absolute atomic E-state index is 13.0. The smallest absolute Gasteiger partial charge is 0.317 e. The molecule has 1 aliphatic carbocycles. The van der Waals surface area contributed by atoms with Crippen molar-refractivity contribution in [2.24, 2.45) is 0 Å². The van der Waals surface area contributed by atoms with E-state index in [2.05, 4.69) is 5.32 Å². The number of hydrogen-bond acceptors (Lipinski definition) is 3. The number of carbonyl (C=O) groups is 1. The zero-order chi connectivity index (χ0) is 15.2. The summed E-state index contributed by atoms with van der Waals surface area (Å²) >= 11 is 0. The Bertz CT molecular complexity index is 480. The minimum Gasteiger partial charge on any atom is -0.489 e. The van der Waals surface area contributed by atoms with Gasteiger partial charge in [0.2, 0.25) is 0 Å². The van der Waals surface area contributed by atoms with Crippen LogP contribution >= 0.6 is 0 Å². The highest BCUT2D eigenvalue weighted by Crippen LogP contribution is 2.26. The van der Waals surface area contributed by atoms with Gasteiger partial charge in [-0.1, -0.05) is 6.07 Å². The van der Waals surface area contributed by atoms with Gasteiger partial charge in [-0.05, 0) is 31.9 Å². The van der Waals surface area contributed by atoms with Crippen LogP contribution in [0.5, 0.6) is 5.75 Å². The summed E-state index contributed by atoms with van der Waals surface area (Å²) in [4.78, 5) is 13.7. The molecule has 1 fully saturated rings. The molecular formula is C15H21FN2O3. The van der Waals surface area contributed by atoms with E-state index >= 15 is 0 Å². The Kier molecular flexibility index (Phi) is 5.38. The molecule has 0 heterocycles. The van der Waals surface area contributed by atoms with Crippen LogP contribution in [0.2, 0.25) is 0 Å². The van der Waals surface area contributed by atoms with E-state index in [1.165, 1.54) is 12.1 Å². The van der Waals surface area contributed by atoms with E-state index in [1.54, 1.807) is 24.0 Å². The van der Waals surface area contributed by atoms with Crippen molar-refractivity contribution in [2.75, 3.05) is 19.7 Å². The molecule has 1 unspecified atom stereocenters. The number of ether oxygens (including phenoxy) is 1. The molecule has 0 aromatic heterocycles. The van der Waals surface area contributed by atoms with Gasteiger partial charge in [0.1, 0.15) is 17.7 Å². The van der Waals surface area contributed by atoms with Gasteiger partial charge in [0.15, 0.2) is 0 Å². The van der Waals surface area contributed by atoms with Gasteiger partial charge in [-0.25, -0.2) is 9.18 Å². The Morgan fingerprint density at radius 2 is 2.33 bits per heavy atom. The van der Waals surface area contributed by atoms with Crippen molar-refractivity contribution in [3.8, 4) is 5.75 Å². The van der Waals surface area contributed by atoms with Gasteiger partial charge in [0.25, 0.3) is 0 Å². The van der Waals surface area contributed by atoms with Crippen molar-refractivity contribution >= 4 is 6.03 Å². The first-order chi connectivity index (χ1) is 10.1. The number of nitrogens with zero attached hydrogens (tertiary/aromatic N) is 1. The summed E-state index contributed by atoms with van der Waals surface area (Å²) in [5, 5.41) is 11.8. The largest absolute Gasteiger partial charge is 0.489 e. The molecule has 0 saturated heterocycles. The Hall–Kier alpha value is -1.82. The molecular weight excluding hydrogens is 275 g/mol. The summed E-state index contributed by atoms with van der Waals surface area (Å²) in [6.07, 6.45) is 1.71. The Morgan fingerprint density at radius 3 is 2.95 bits per heavy atom. The Labute approximate surface area is 123 Å². The molecule has 1 saturated carbocycles. The van der Waals surface area contributed by atoms with E-state index in [0.717, 1.165) is 12.8 Å². The van der Waals surface area contributed by atoms with Crippen LogP contribution in [0, 0.1) is 5.82 Å². The SMILES string of the molecule is CC(CNC(=O)N(CCO)C1CC1)Oc1cccc(F)c1. The van der Waals surface area contributed by atoms with Crippen LogP contribution in [0.4, 0.5) is 9.18 Å². The van der Waals surface area contributed by atoms with Gasteiger partial charge >= 0.3 is 6.03 Å². The second kappa shape index (κ2) is 7.26. The number of halogens is 1. The number of amides is 2. The normalized spacial score (nSPS) is 15.4. The fraction of sp³-hybridized carbons (Fsp3) is 0.533. The number of aliphatic hydroxyl groups excluding tert-OH is 1. The number of hydrogen-bond donors (Lipinski definition) is 2. The van der Waals surface area contributed by atoms with Crippen LogP contribution in [-0.4, -0.2) is 47.9 Å². The number of rotatable bonds is 7. The van der Waals surface area contributed by atoms with Crippen LogP contribution in [0.15, 0.2) is 24.3 Å². The highest BCUT2D eigenvalue weighted by molar-refractivity contribution is 5.74. The van der Waals surface area contributed by atoms with E-state index in [9.17, 15) is 9.18 Å². The van der Waals surface area contributed by atoms with Crippen molar-refractivity contribution < 1.29 is 19.0 Å². The minimum atomic E-state index is -0.355. The molecule has 0 spiro atoms. The maximum atomic E-state index is 13.0. The molecule has 21 heavy (non-hydrogen) atoms. The molecule has 0 aliphatic heterocycles. The lowest BCUT2D eigenvalue weighted by Gasteiger charge is -2.23. The number of carbonyl (C=O) groups excluding carboxylic acids is 1. The quantitative estimate of drug-likeness (QED) is 0.806. The third kappa shape index (κ3) is 4.90. The van der Waals surface area contributed by atoms with Crippen LogP contribution in [0.1, 0.15) is 19.8 Å². The van der Waals surface area contributed by atoms with Gasteiger partial charge in [0, 0.05) is 18.7 Å². The molecule has 0 radical (unpaired) electrons. The molecule has 1 aromatic rings. The highest BCUT2D eigenvalue weighted by Gasteiger charge is 2.32. The van der Waals surface area contributed by atoms with Gasteiger partial charge in [-0.3, -0.25) is 0 Å². The lowest BCUT2D eigenvalue weighted by molar-refractivity contribution is 0.165. The van der Waals surface area contributed by atoms with Crippen LogP contribution in [0.25, 0.3) is 0 Å². The average Bonchev–Trinajstić information content (AvgIpc) is 3.26. The number of benzene rings is 1. The van der Waals surface area contributed by atoms with Crippen molar-refractivity contribution in [1.82, 2.24) is 10.2 Å². The monoisotopic (exact) mass is 296 g/mol. The van der Waals surface area contributed by atoms with E-state index in [1.807, 2.05) is 0 Å². The van der Waals surface area contributed by atoms with Crippen LogP contribution in [-0.2, 0) is 0 Å². The Balaban J connectivity index is 1.77. The molecule has 1 atom stereocenters. The van der Waals surface area contributed by atoms with E-state index < -0.39 is 0 Å². The van der Waals surface area contributed by atoms with Crippen molar-refractivity contribution in [1.29, 1.82) is 0 Å². The van der Waals surface area contributed by atoms with E-state index in [0.29, 0.717) is 18.8 Å². The first-order valence-electron chi connectivity index (χ1n) is 7.17. The number of urea groups is 1. The minimum absolute atomic E-state index is 0.0424. The second-order valence-electron chi connectivity index (χ2n) is 5.22. The lowest BCUT2D eigenvalue weighted by atomic mass is 10.3. The summed E-state index contributed by atoms with van der Waals surface area (Å²) in [5.41, 5.74) is 0. The highest BCUT2D eigenvalue weighted by atomic mass is 19.1. The molecule has 6 heteroatoms. The third-order valence-electron chi connectivity index (χ3n) is 3.26. The van der Waals surface area contributed by atoms with Gasteiger partial charge < -0.3 is 20.1 Å². The van der Waals surface area contributed by atoms with Gasteiger partial charge in [-0.15, -0.1) is 0 Å². The molecule has 5 nitrogen and oxygen atoms in total. The number of aliphatic hydroxyl groups is 1.